The van der Waals surface area contributed by atoms with Gasteiger partial charge < -0.3 is 9.52 Å². The third-order valence-electron chi connectivity index (χ3n) is 3.90. The highest BCUT2D eigenvalue weighted by molar-refractivity contribution is 6.30. The Kier molecular flexibility index (Phi) is 5.33. The van der Waals surface area contributed by atoms with Crippen LogP contribution in [0.3, 0.4) is 0 Å². The number of hydrogen-bond acceptors (Lipinski definition) is 4. The molecule has 2 heterocycles. The van der Waals surface area contributed by atoms with Crippen LogP contribution in [0.5, 0.6) is 0 Å². The van der Waals surface area contributed by atoms with Crippen LogP contribution in [-0.4, -0.2) is 26.2 Å². The molecule has 24 heavy (non-hydrogen) atoms. The second-order valence-corrected chi connectivity index (χ2v) is 6.09. The van der Waals surface area contributed by atoms with E-state index in [0.717, 1.165) is 48.5 Å². The minimum atomic E-state index is 0.222. The first-order chi connectivity index (χ1) is 11.7. The van der Waals surface area contributed by atoms with Gasteiger partial charge in [-0.2, -0.15) is 4.98 Å². The Morgan fingerprint density at radius 2 is 1.96 bits per heavy atom. The monoisotopic (exact) mass is 345 g/mol. The molecule has 0 saturated carbocycles. The molecule has 0 aliphatic carbocycles. The number of hydrogen-bond donors (Lipinski definition) is 1. The molecular formula is C18H20ClN3O2. The lowest BCUT2D eigenvalue weighted by atomic mass is 10.1. The van der Waals surface area contributed by atoms with Gasteiger partial charge in [0, 0.05) is 36.0 Å². The Labute approximate surface area is 145 Å². The average molecular weight is 346 g/mol. The SMILES string of the molecule is Cc1nccn1-c1nc(-c2ccc(Cl)cc2)c(CCCCCO)o1. The standard InChI is InChI=1S/C18H20ClN3O2/c1-13-20-10-11-22(13)18-21-17(14-6-8-15(19)9-7-14)16(24-18)5-3-2-4-12-23/h6-11,23H,2-5,12H2,1H3. The highest BCUT2D eigenvalue weighted by Crippen LogP contribution is 2.28. The third-order valence-corrected chi connectivity index (χ3v) is 4.15. The molecule has 0 aliphatic rings. The molecule has 0 fully saturated rings. The number of aliphatic hydroxyl groups excluding tert-OH is 1. The summed E-state index contributed by atoms with van der Waals surface area (Å²) in [5, 5.41) is 9.62. The van der Waals surface area contributed by atoms with Gasteiger partial charge in [-0.25, -0.2) is 4.98 Å². The Bertz CT molecular complexity index is 793. The van der Waals surface area contributed by atoms with Crippen molar-refractivity contribution < 1.29 is 9.52 Å². The van der Waals surface area contributed by atoms with Crippen LogP contribution in [0.1, 0.15) is 30.8 Å². The van der Waals surface area contributed by atoms with Gasteiger partial charge >= 0.3 is 6.01 Å². The zero-order valence-corrected chi connectivity index (χ0v) is 14.3. The van der Waals surface area contributed by atoms with Gasteiger partial charge in [0.1, 0.15) is 17.3 Å². The second-order valence-electron chi connectivity index (χ2n) is 5.65. The highest BCUT2D eigenvalue weighted by Gasteiger charge is 2.17. The number of aryl methyl sites for hydroxylation is 2. The molecule has 3 rings (SSSR count). The van der Waals surface area contributed by atoms with E-state index in [9.17, 15) is 0 Å². The molecule has 0 amide bonds. The molecule has 1 aromatic carbocycles. The molecule has 126 valence electrons. The second kappa shape index (κ2) is 7.64. The van der Waals surface area contributed by atoms with Gasteiger partial charge in [-0.3, -0.25) is 4.57 Å². The van der Waals surface area contributed by atoms with Gasteiger partial charge in [0.15, 0.2) is 0 Å². The fourth-order valence-corrected chi connectivity index (χ4v) is 2.73. The summed E-state index contributed by atoms with van der Waals surface area (Å²) >= 11 is 5.98. The molecule has 1 N–H and O–H groups in total. The third kappa shape index (κ3) is 3.68. The maximum absolute atomic E-state index is 8.92. The lowest BCUT2D eigenvalue weighted by Crippen LogP contribution is -1.95. The largest absolute Gasteiger partial charge is 0.427 e. The quantitative estimate of drug-likeness (QED) is 0.652. The van der Waals surface area contributed by atoms with Gasteiger partial charge in [0.2, 0.25) is 0 Å². The number of rotatable bonds is 7. The first-order valence-electron chi connectivity index (χ1n) is 8.06. The zero-order valence-electron chi connectivity index (χ0n) is 13.6. The number of imidazole rings is 1. The number of unbranched alkanes of at least 4 members (excludes halogenated alkanes) is 2. The summed E-state index contributed by atoms with van der Waals surface area (Å²) in [5.41, 5.74) is 1.81. The summed E-state index contributed by atoms with van der Waals surface area (Å²) in [5.74, 6) is 1.67. The zero-order chi connectivity index (χ0) is 16.9. The minimum absolute atomic E-state index is 0.222. The normalized spacial score (nSPS) is 11.1. The van der Waals surface area contributed by atoms with Crippen LogP contribution in [0.2, 0.25) is 5.02 Å². The van der Waals surface area contributed by atoms with Crippen molar-refractivity contribution in [3.8, 4) is 17.3 Å². The van der Waals surface area contributed by atoms with E-state index in [1.807, 2.05) is 42.0 Å². The van der Waals surface area contributed by atoms with Crippen molar-refractivity contribution in [1.82, 2.24) is 14.5 Å². The molecule has 3 aromatic rings. The van der Waals surface area contributed by atoms with E-state index in [2.05, 4.69) is 9.97 Å². The molecule has 0 atom stereocenters. The molecule has 0 spiro atoms. The summed E-state index contributed by atoms with van der Waals surface area (Å²) < 4.78 is 7.85. The van der Waals surface area contributed by atoms with Gasteiger partial charge in [-0.1, -0.05) is 30.2 Å². The number of aromatic nitrogens is 3. The predicted molar refractivity (Wildman–Crippen MR) is 93.4 cm³/mol. The molecule has 6 heteroatoms. The molecule has 0 saturated heterocycles. The summed E-state index contributed by atoms with van der Waals surface area (Å²) in [6, 6.07) is 8.11. The Morgan fingerprint density at radius 3 is 2.62 bits per heavy atom. The molecule has 0 unspecified atom stereocenters. The van der Waals surface area contributed by atoms with Crippen molar-refractivity contribution in [1.29, 1.82) is 0 Å². The summed E-state index contributed by atoms with van der Waals surface area (Å²) in [6.45, 7) is 2.13. The van der Waals surface area contributed by atoms with Crippen LogP contribution in [0.4, 0.5) is 0 Å². The number of aliphatic hydroxyl groups is 1. The van der Waals surface area contributed by atoms with Crippen LogP contribution in [0.25, 0.3) is 17.3 Å². The van der Waals surface area contributed by atoms with Crippen molar-refractivity contribution in [2.45, 2.75) is 32.6 Å². The van der Waals surface area contributed by atoms with Crippen molar-refractivity contribution in [2.75, 3.05) is 6.61 Å². The topological polar surface area (TPSA) is 64.1 Å². The summed E-state index contributed by atoms with van der Waals surface area (Å²) in [7, 11) is 0. The fourth-order valence-electron chi connectivity index (χ4n) is 2.60. The van der Waals surface area contributed by atoms with Crippen molar-refractivity contribution in [3.63, 3.8) is 0 Å². The highest BCUT2D eigenvalue weighted by atomic mass is 35.5. The summed E-state index contributed by atoms with van der Waals surface area (Å²) in [6.07, 6.45) is 7.04. The lowest BCUT2D eigenvalue weighted by Gasteiger charge is -2.01. The van der Waals surface area contributed by atoms with Crippen LogP contribution >= 0.6 is 11.6 Å². The van der Waals surface area contributed by atoms with Crippen LogP contribution < -0.4 is 0 Å². The van der Waals surface area contributed by atoms with E-state index < -0.39 is 0 Å². The molecule has 0 bridgehead atoms. The van der Waals surface area contributed by atoms with Crippen LogP contribution in [0, 0.1) is 6.92 Å². The fraction of sp³-hybridized carbons (Fsp3) is 0.333. The smallest absolute Gasteiger partial charge is 0.307 e. The van der Waals surface area contributed by atoms with Crippen molar-refractivity contribution in [3.05, 3.63) is 53.3 Å². The van der Waals surface area contributed by atoms with Gasteiger partial charge in [0.05, 0.1) is 0 Å². The first-order valence-corrected chi connectivity index (χ1v) is 8.43. The van der Waals surface area contributed by atoms with Crippen molar-refractivity contribution >= 4 is 11.6 Å². The van der Waals surface area contributed by atoms with E-state index in [0.29, 0.717) is 11.0 Å². The molecule has 5 nitrogen and oxygen atoms in total. The maximum atomic E-state index is 8.92. The Balaban J connectivity index is 1.93. The van der Waals surface area contributed by atoms with E-state index in [1.165, 1.54) is 0 Å². The molecule has 0 radical (unpaired) electrons. The van der Waals surface area contributed by atoms with Crippen molar-refractivity contribution in [2.24, 2.45) is 0 Å². The number of halogens is 1. The van der Waals surface area contributed by atoms with Gasteiger partial charge in [0.25, 0.3) is 0 Å². The van der Waals surface area contributed by atoms with E-state index in [4.69, 9.17) is 21.1 Å². The number of nitrogens with zero attached hydrogens (tertiary/aromatic N) is 3. The number of oxazole rings is 1. The van der Waals surface area contributed by atoms with E-state index in [-0.39, 0.29) is 6.61 Å². The van der Waals surface area contributed by atoms with Gasteiger partial charge in [-0.15, -0.1) is 0 Å². The lowest BCUT2D eigenvalue weighted by molar-refractivity contribution is 0.282. The Hall–Kier alpha value is -2.11. The van der Waals surface area contributed by atoms with Crippen LogP contribution in [-0.2, 0) is 6.42 Å². The molecular weight excluding hydrogens is 326 g/mol. The van der Waals surface area contributed by atoms with Crippen LogP contribution in [0.15, 0.2) is 41.1 Å². The predicted octanol–water partition coefficient (Wildman–Crippen LogP) is 4.19. The average Bonchev–Trinajstić information content (AvgIpc) is 3.18. The molecule has 0 aliphatic heterocycles. The minimum Gasteiger partial charge on any atom is -0.427 e. The van der Waals surface area contributed by atoms with Gasteiger partial charge in [-0.05, 0) is 31.9 Å². The van der Waals surface area contributed by atoms with E-state index in [1.54, 1.807) is 6.20 Å². The first kappa shape index (κ1) is 16.7. The Morgan fingerprint density at radius 1 is 1.17 bits per heavy atom. The summed E-state index contributed by atoms with van der Waals surface area (Å²) in [4.78, 5) is 8.90. The van der Waals surface area contributed by atoms with E-state index >= 15 is 0 Å². The number of benzene rings is 1. The molecule has 2 aromatic heterocycles. The maximum Gasteiger partial charge on any atom is 0.307 e.